The van der Waals surface area contributed by atoms with Crippen LogP contribution in [0.4, 0.5) is 0 Å². The predicted molar refractivity (Wildman–Crippen MR) is 103 cm³/mol. The molecule has 0 saturated heterocycles. The van der Waals surface area contributed by atoms with E-state index in [0.29, 0.717) is 21.2 Å². The van der Waals surface area contributed by atoms with Crippen molar-refractivity contribution < 1.29 is 19.4 Å². The minimum atomic E-state index is -0.782. The molecule has 1 unspecified atom stereocenters. The van der Waals surface area contributed by atoms with Gasteiger partial charge in [0.25, 0.3) is 5.91 Å². The van der Waals surface area contributed by atoms with E-state index in [1.54, 1.807) is 38.1 Å². The number of aromatic nitrogens is 1. The zero-order valence-corrected chi connectivity index (χ0v) is 16.7. The molecule has 2 heterocycles. The number of benzene rings is 1. The van der Waals surface area contributed by atoms with Gasteiger partial charge in [0.2, 0.25) is 5.78 Å². The summed E-state index contributed by atoms with van der Waals surface area (Å²) in [5.41, 5.74) is 1.18. The number of carbonyl (C=O) groups is 2. The van der Waals surface area contributed by atoms with Gasteiger partial charge >= 0.3 is 0 Å². The predicted octanol–water partition coefficient (Wildman–Crippen LogP) is 3.64. The molecule has 2 aromatic rings. The van der Waals surface area contributed by atoms with E-state index in [0.717, 1.165) is 5.01 Å². The number of ketones is 1. The van der Waals surface area contributed by atoms with Gasteiger partial charge in [-0.05, 0) is 25.5 Å². The maximum Gasteiger partial charge on any atom is 0.290 e. The van der Waals surface area contributed by atoms with E-state index in [2.05, 4.69) is 4.98 Å². The fourth-order valence-corrected chi connectivity index (χ4v) is 4.30. The highest BCUT2D eigenvalue weighted by molar-refractivity contribution is 7.14. The van der Waals surface area contributed by atoms with Crippen molar-refractivity contribution in [1.29, 1.82) is 0 Å². The fourth-order valence-electron chi connectivity index (χ4n) is 3.19. The van der Waals surface area contributed by atoms with Crippen molar-refractivity contribution in [3.63, 3.8) is 0 Å². The third-order valence-corrected chi connectivity index (χ3v) is 5.81. The molecule has 8 heteroatoms. The van der Waals surface area contributed by atoms with E-state index < -0.39 is 23.5 Å². The molecule has 142 valence electrons. The molecule has 0 spiro atoms. The third-order valence-electron chi connectivity index (χ3n) is 4.39. The van der Waals surface area contributed by atoms with Gasteiger partial charge in [0.15, 0.2) is 5.76 Å². The Morgan fingerprint density at radius 3 is 2.67 bits per heavy atom. The average molecular weight is 407 g/mol. The van der Waals surface area contributed by atoms with Gasteiger partial charge in [0.05, 0.1) is 33.8 Å². The lowest BCUT2D eigenvalue weighted by Gasteiger charge is -2.27. The van der Waals surface area contributed by atoms with Crippen LogP contribution in [0.1, 0.15) is 32.0 Å². The third kappa shape index (κ3) is 3.50. The average Bonchev–Trinajstić information content (AvgIpc) is 3.10. The number of nitrogens with zero attached hydrogens (tertiary/aromatic N) is 2. The highest BCUT2D eigenvalue weighted by atomic mass is 35.5. The van der Waals surface area contributed by atoms with E-state index in [4.69, 9.17) is 16.3 Å². The van der Waals surface area contributed by atoms with Crippen LogP contribution >= 0.6 is 22.9 Å². The summed E-state index contributed by atoms with van der Waals surface area (Å²) >= 11 is 7.60. The van der Waals surface area contributed by atoms with E-state index >= 15 is 0 Å². The molecule has 0 saturated carbocycles. The van der Waals surface area contributed by atoms with E-state index in [-0.39, 0.29) is 18.7 Å². The molecule has 1 aromatic carbocycles. The van der Waals surface area contributed by atoms with Crippen LogP contribution in [0.5, 0.6) is 0 Å². The van der Waals surface area contributed by atoms with Gasteiger partial charge in [-0.25, -0.2) is 4.98 Å². The van der Waals surface area contributed by atoms with Crippen LogP contribution in [0.2, 0.25) is 5.02 Å². The number of rotatable bonds is 6. The second-order valence-electron chi connectivity index (χ2n) is 6.15. The molecule has 0 fully saturated rings. The second kappa shape index (κ2) is 7.80. The first-order valence-corrected chi connectivity index (χ1v) is 9.52. The number of methoxy groups -OCH3 is 1. The molecule has 0 bridgehead atoms. The Morgan fingerprint density at radius 2 is 2.07 bits per heavy atom. The van der Waals surface area contributed by atoms with Gasteiger partial charge in [0.1, 0.15) is 0 Å². The number of ether oxygens (including phenoxy) is 1. The molecule has 1 amide bonds. The molecule has 1 atom stereocenters. The first-order chi connectivity index (χ1) is 12.9. The second-order valence-corrected chi connectivity index (χ2v) is 7.76. The van der Waals surface area contributed by atoms with Crippen LogP contribution in [0.15, 0.2) is 35.6 Å². The zero-order valence-electron chi connectivity index (χ0n) is 15.2. The lowest BCUT2D eigenvalue weighted by molar-refractivity contribution is -0.130. The molecule has 1 aromatic heterocycles. The fraction of sp³-hybridized carbons (Fsp3) is 0.316. The van der Waals surface area contributed by atoms with Crippen molar-refractivity contribution in [3.8, 4) is 0 Å². The Kier molecular flexibility index (Phi) is 5.64. The number of aliphatic hydroxyl groups excluding tert-OH is 1. The summed E-state index contributed by atoms with van der Waals surface area (Å²) < 4.78 is 5.08. The lowest BCUT2D eigenvalue weighted by atomic mass is 9.95. The molecular weight excluding hydrogens is 388 g/mol. The Bertz CT molecular complexity index is 938. The smallest absolute Gasteiger partial charge is 0.290 e. The highest BCUT2D eigenvalue weighted by Gasteiger charge is 2.44. The standard InChI is InChI=1S/C19H19ClN2O4S/c1-10-18(27-11(2)21-10)16(23)14-15(12-6-4-5-7-13(12)20)22(8-9-26-3)19(25)17(14)24/h4-7,15,24H,8-9H2,1-3H3. The van der Waals surface area contributed by atoms with Gasteiger partial charge in [-0.2, -0.15) is 0 Å². The SMILES string of the molecule is COCCN1C(=O)C(O)=C(C(=O)c2sc(C)nc2C)C1c1ccccc1Cl. The van der Waals surface area contributed by atoms with E-state index in [1.165, 1.54) is 23.3 Å². The molecule has 0 aliphatic carbocycles. The highest BCUT2D eigenvalue weighted by Crippen LogP contribution is 2.42. The number of amides is 1. The van der Waals surface area contributed by atoms with Gasteiger partial charge in [-0.15, -0.1) is 11.3 Å². The van der Waals surface area contributed by atoms with Gasteiger partial charge in [0, 0.05) is 18.7 Å². The summed E-state index contributed by atoms with van der Waals surface area (Å²) in [5.74, 6) is -1.57. The normalized spacial score (nSPS) is 17.1. The Balaban J connectivity index is 2.13. The molecule has 27 heavy (non-hydrogen) atoms. The summed E-state index contributed by atoms with van der Waals surface area (Å²) in [5, 5.41) is 11.7. The monoisotopic (exact) mass is 406 g/mol. The zero-order chi connectivity index (χ0) is 19.7. The molecule has 0 radical (unpaired) electrons. The first-order valence-electron chi connectivity index (χ1n) is 8.33. The molecule has 1 aliphatic rings. The molecule has 6 nitrogen and oxygen atoms in total. The number of hydrogen-bond acceptors (Lipinski definition) is 6. The summed E-state index contributed by atoms with van der Waals surface area (Å²) in [6.07, 6.45) is 0. The molecular formula is C19H19ClN2O4S. The first kappa shape index (κ1) is 19.5. The molecule has 1 N–H and O–H groups in total. The van der Waals surface area contributed by atoms with Crippen molar-refractivity contribution in [3.05, 3.63) is 61.8 Å². The topological polar surface area (TPSA) is 79.7 Å². The molecule has 3 rings (SSSR count). The number of hydrogen-bond donors (Lipinski definition) is 1. The van der Waals surface area contributed by atoms with Crippen molar-refractivity contribution >= 4 is 34.6 Å². The lowest BCUT2D eigenvalue weighted by Crippen LogP contribution is -2.34. The van der Waals surface area contributed by atoms with Crippen molar-refractivity contribution in [2.75, 3.05) is 20.3 Å². The van der Waals surface area contributed by atoms with Gasteiger partial charge in [-0.3, -0.25) is 9.59 Å². The number of halogens is 1. The molecule has 1 aliphatic heterocycles. The Hall–Kier alpha value is -2.22. The summed E-state index contributed by atoms with van der Waals surface area (Å²) in [6, 6.07) is 6.20. The summed E-state index contributed by atoms with van der Waals surface area (Å²) in [7, 11) is 1.52. The van der Waals surface area contributed by atoms with Crippen LogP contribution in [-0.2, 0) is 9.53 Å². The number of carbonyl (C=O) groups excluding carboxylic acids is 2. The largest absolute Gasteiger partial charge is 0.503 e. The Labute approximate surface area is 166 Å². The number of aryl methyl sites for hydroxylation is 2. The van der Waals surface area contributed by atoms with Crippen LogP contribution < -0.4 is 0 Å². The Morgan fingerprint density at radius 1 is 1.37 bits per heavy atom. The van der Waals surface area contributed by atoms with Gasteiger partial charge < -0.3 is 14.7 Å². The van der Waals surface area contributed by atoms with Crippen LogP contribution in [0, 0.1) is 13.8 Å². The maximum absolute atomic E-state index is 13.3. The van der Waals surface area contributed by atoms with Crippen LogP contribution in [0.25, 0.3) is 0 Å². The van der Waals surface area contributed by atoms with Crippen molar-refractivity contribution in [1.82, 2.24) is 9.88 Å². The minimum absolute atomic E-state index is 0.0240. The van der Waals surface area contributed by atoms with Crippen molar-refractivity contribution in [2.24, 2.45) is 0 Å². The quantitative estimate of drug-likeness (QED) is 0.741. The van der Waals surface area contributed by atoms with Gasteiger partial charge in [-0.1, -0.05) is 29.8 Å². The van der Waals surface area contributed by atoms with Crippen LogP contribution in [-0.4, -0.2) is 46.9 Å². The summed E-state index contributed by atoms with van der Waals surface area (Å²) in [6.45, 7) is 4.02. The number of Topliss-reactive ketones (excluding diaryl/α,β-unsaturated/α-hetero) is 1. The van der Waals surface area contributed by atoms with E-state index in [9.17, 15) is 14.7 Å². The van der Waals surface area contributed by atoms with E-state index in [1.807, 2.05) is 0 Å². The maximum atomic E-state index is 13.3. The summed E-state index contributed by atoms with van der Waals surface area (Å²) in [4.78, 5) is 32.1. The number of aliphatic hydroxyl groups is 1. The van der Waals surface area contributed by atoms with Crippen LogP contribution in [0.3, 0.4) is 0 Å². The number of thiazole rings is 1. The van der Waals surface area contributed by atoms with Crippen molar-refractivity contribution in [2.45, 2.75) is 19.9 Å². The minimum Gasteiger partial charge on any atom is -0.503 e.